The third kappa shape index (κ3) is 6.39. The number of imidazole rings is 2. The molecule has 1 aliphatic carbocycles. The van der Waals surface area contributed by atoms with Crippen molar-refractivity contribution in [1.29, 1.82) is 0 Å². The van der Waals surface area contributed by atoms with Crippen LogP contribution in [0.3, 0.4) is 0 Å². The van der Waals surface area contributed by atoms with E-state index in [2.05, 4.69) is 62.1 Å². The van der Waals surface area contributed by atoms with Gasteiger partial charge in [-0.3, -0.25) is 0 Å². The van der Waals surface area contributed by atoms with Gasteiger partial charge >= 0.3 is 5.95 Å². The molecule has 0 saturated carbocycles. The van der Waals surface area contributed by atoms with Gasteiger partial charge in [0.05, 0.1) is 38.2 Å². The van der Waals surface area contributed by atoms with Crippen LogP contribution in [0.5, 0.6) is 0 Å². The number of allylic oxidation sites excluding steroid dienone is 2. The second kappa shape index (κ2) is 11.2. The molecule has 2 heterocycles. The average Bonchev–Trinajstić information content (AvgIpc) is 3.43. The van der Waals surface area contributed by atoms with Gasteiger partial charge in [0.2, 0.25) is 5.95 Å². The van der Waals surface area contributed by atoms with Crippen LogP contribution in [0.1, 0.15) is 13.8 Å². The Labute approximate surface area is 212 Å². The van der Waals surface area contributed by atoms with Crippen LogP contribution in [0.25, 0.3) is 0 Å². The number of hydrogen-bond acceptors (Lipinski definition) is 7. The molecule has 2 N–H and O–H groups in total. The van der Waals surface area contributed by atoms with Crippen molar-refractivity contribution in [2.45, 2.75) is 25.9 Å². The highest BCUT2D eigenvalue weighted by Gasteiger charge is 2.24. The molecule has 0 bridgehead atoms. The van der Waals surface area contributed by atoms with Crippen molar-refractivity contribution >= 4 is 23.3 Å². The van der Waals surface area contributed by atoms with E-state index in [0.717, 1.165) is 30.4 Å². The van der Waals surface area contributed by atoms with Crippen LogP contribution in [0.15, 0.2) is 93.8 Å². The number of rotatable bonds is 10. The first-order valence-electron chi connectivity index (χ1n) is 12.0. The van der Waals surface area contributed by atoms with Crippen LogP contribution in [-0.2, 0) is 21.1 Å². The number of para-hydroxylation sites is 1. The summed E-state index contributed by atoms with van der Waals surface area (Å²) in [5, 5.41) is 25.0. The zero-order valence-corrected chi connectivity index (χ0v) is 21.6. The van der Waals surface area contributed by atoms with Crippen molar-refractivity contribution in [3.63, 3.8) is 0 Å². The van der Waals surface area contributed by atoms with Gasteiger partial charge in [-0.1, -0.05) is 55.4 Å². The lowest BCUT2D eigenvalue weighted by Gasteiger charge is -2.30. The maximum Gasteiger partial charge on any atom is 0.421 e. The lowest BCUT2D eigenvalue weighted by atomic mass is 9.92. The van der Waals surface area contributed by atoms with Gasteiger partial charge in [-0.05, 0) is 17.5 Å². The zero-order valence-electron chi connectivity index (χ0n) is 21.6. The minimum absolute atomic E-state index is 0.0365. The Bertz CT molecular complexity index is 1260. The number of nitrogens with zero attached hydrogens (tertiary/aromatic N) is 8. The van der Waals surface area contributed by atoms with Crippen LogP contribution >= 0.6 is 0 Å². The summed E-state index contributed by atoms with van der Waals surface area (Å²) in [5.41, 5.74) is 1.72. The van der Waals surface area contributed by atoms with Crippen LogP contribution in [0.2, 0.25) is 0 Å². The van der Waals surface area contributed by atoms with E-state index in [0.29, 0.717) is 5.95 Å². The van der Waals surface area contributed by atoms with Crippen LogP contribution in [0.4, 0.5) is 23.3 Å². The van der Waals surface area contributed by atoms with Crippen molar-refractivity contribution in [1.82, 2.24) is 19.4 Å². The number of benzene rings is 1. The molecule has 0 saturated heterocycles. The molecule has 1 aliphatic rings. The zero-order chi connectivity index (χ0) is 25.5. The van der Waals surface area contributed by atoms with Crippen molar-refractivity contribution in [3.8, 4) is 0 Å². The summed E-state index contributed by atoms with van der Waals surface area (Å²) in [7, 11) is 5.82. The van der Waals surface area contributed by atoms with E-state index >= 15 is 0 Å². The fourth-order valence-electron chi connectivity index (χ4n) is 3.79. The van der Waals surface area contributed by atoms with E-state index in [1.54, 1.807) is 6.20 Å². The highest BCUT2D eigenvalue weighted by molar-refractivity contribution is 5.64. The summed E-state index contributed by atoms with van der Waals surface area (Å²) in [6.45, 7) is 6.01. The maximum atomic E-state index is 4.53. The number of azo groups is 2. The molecule has 36 heavy (non-hydrogen) atoms. The van der Waals surface area contributed by atoms with Gasteiger partial charge in [0.15, 0.2) is 0 Å². The molecule has 188 valence electrons. The molecular weight excluding hydrogens is 452 g/mol. The molecule has 10 heteroatoms. The van der Waals surface area contributed by atoms with E-state index in [1.807, 2.05) is 89.9 Å². The Morgan fingerprint density at radius 2 is 1.81 bits per heavy atom. The third-order valence-electron chi connectivity index (χ3n) is 6.05. The Hall–Kier alpha value is -3.92. The Kier molecular flexibility index (Phi) is 7.84. The quantitative estimate of drug-likeness (QED) is 0.321. The predicted octanol–water partition coefficient (Wildman–Crippen LogP) is 4.67. The second-order valence-electron chi connectivity index (χ2n) is 9.78. The molecule has 0 radical (unpaired) electrons. The molecule has 3 aromatic rings. The standard InChI is InChI=1S/C26H34N10/c1-26(2,18-28-20-10-6-8-12-22(20)30-32-24-27-14-15-34(24)3)19-29-21-11-7-9-13-23(21)31-33-25-35(4)16-17-36(25)5/h6-17,20,22,28H,18-19H2,1-5H3/p+1/b32-30+. The van der Waals surface area contributed by atoms with Crippen molar-refractivity contribution in [2.24, 2.45) is 47.0 Å². The smallest absolute Gasteiger partial charge is 0.383 e. The predicted molar refractivity (Wildman–Crippen MR) is 141 cm³/mol. The number of aromatic nitrogens is 4. The van der Waals surface area contributed by atoms with Crippen molar-refractivity contribution in [3.05, 3.63) is 73.4 Å². The molecule has 2 atom stereocenters. The number of anilines is 1. The van der Waals surface area contributed by atoms with Gasteiger partial charge in [0.1, 0.15) is 11.7 Å². The molecule has 0 aliphatic heterocycles. The summed E-state index contributed by atoms with van der Waals surface area (Å²) >= 11 is 0. The maximum absolute atomic E-state index is 4.53. The van der Waals surface area contributed by atoms with Crippen LogP contribution < -0.4 is 15.2 Å². The van der Waals surface area contributed by atoms with Gasteiger partial charge < -0.3 is 15.2 Å². The topological polar surface area (TPSA) is 100 Å². The molecule has 4 rings (SSSR count). The first-order chi connectivity index (χ1) is 17.3. The SMILES string of the molecule is Cn1ccnc1/N=N/C1C=CC=CC1NCC(C)(C)CNc1ccccc1/N=N/c1n(C)cc[n+]1C. The molecule has 2 unspecified atom stereocenters. The number of nitrogens with one attached hydrogen (secondary N) is 2. The lowest BCUT2D eigenvalue weighted by Crippen LogP contribution is -2.44. The number of hydrogen-bond donors (Lipinski definition) is 2. The van der Waals surface area contributed by atoms with E-state index < -0.39 is 0 Å². The first kappa shape index (κ1) is 25.2. The normalized spacial score (nSPS) is 18.0. The lowest BCUT2D eigenvalue weighted by molar-refractivity contribution is -0.657. The van der Waals surface area contributed by atoms with Crippen LogP contribution in [0, 0.1) is 5.41 Å². The highest BCUT2D eigenvalue weighted by atomic mass is 15.3. The van der Waals surface area contributed by atoms with Crippen molar-refractivity contribution in [2.75, 3.05) is 18.4 Å². The fourth-order valence-corrected chi connectivity index (χ4v) is 3.79. The summed E-state index contributed by atoms with van der Waals surface area (Å²) < 4.78 is 5.72. The third-order valence-corrected chi connectivity index (χ3v) is 6.05. The summed E-state index contributed by atoms with van der Waals surface area (Å²) in [4.78, 5) is 4.22. The molecule has 2 aromatic heterocycles. The molecule has 0 spiro atoms. The van der Waals surface area contributed by atoms with Gasteiger partial charge in [0, 0.05) is 37.6 Å². The van der Waals surface area contributed by atoms with Crippen LogP contribution in [-0.4, -0.2) is 39.3 Å². The summed E-state index contributed by atoms with van der Waals surface area (Å²) in [6.07, 6.45) is 15.7. The molecule has 10 nitrogen and oxygen atoms in total. The monoisotopic (exact) mass is 487 g/mol. The average molecular weight is 488 g/mol. The molecule has 0 fully saturated rings. The van der Waals surface area contributed by atoms with E-state index in [9.17, 15) is 0 Å². The minimum Gasteiger partial charge on any atom is -0.383 e. The molecule has 1 aromatic carbocycles. The van der Waals surface area contributed by atoms with Gasteiger partial charge in [-0.15, -0.1) is 5.11 Å². The summed E-state index contributed by atoms with van der Waals surface area (Å²) in [5.74, 6) is 1.37. The van der Waals surface area contributed by atoms with E-state index in [4.69, 9.17) is 0 Å². The summed E-state index contributed by atoms with van der Waals surface area (Å²) in [6, 6.07) is 7.95. The first-order valence-corrected chi connectivity index (χ1v) is 12.0. The molecular formula is C26H35N10+. The second-order valence-corrected chi connectivity index (χ2v) is 9.78. The van der Waals surface area contributed by atoms with Crippen molar-refractivity contribution < 1.29 is 4.57 Å². The van der Waals surface area contributed by atoms with Gasteiger partial charge in [0.25, 0.3) is 0 Å². The van der Waals surface area contributed by atoms with Gasteiger partial charge in [-0.25, -0.2) is 14.1 Å². The Morgan fingerprint density at radius 1 is 1.00 bits per heavy atom. The molecule has 0 amide bonds. The Balaban J connectivity index is 1.35. The minimum atomic E-state index is -0.0876. The number of aryl methyl sites for hydroxylation is 3. The van der Waals surface area contributed by atoms with Gasteiger partial charge in [-0.2, -0.15) is 5.11 Å². The van der Waals surface area contributed by atoms with E-state index in [-0.39, 0.29) is 17.5 Å². The van der Waals surface area contributed by atoms with E-state index in [1.165, 1.54) is 0 Å². The fraction of sp³-hybridized carbons (Fsp3) is 0.385. The highest BCUT2D eigenvalue weighted by Crippen LogP contribution is 2.27. The largest absolute Gasteiger partial charge is 0.421 e. The Morgan fingerprint density at radius 3 is 2.56 bits per heavy atom.